The highest BCUT2D eigenvalue weighted by Gasteiger charge is 2.20. The molecule has 0 N–H and O–H groups in total. The highest BCUT2D eigenvalue weighted by molar-refractivity contribution is 14.1. The normalized spacial score (nSPS) is 10.8. The van der Waals surface area contributed by atoms with Gasteiger partial charge in [0.05, 0.1) is 9.13 Å². The monoisotopic (exact) mass is 307 g/mol. The summed E-state index contributed by atoms with van der Waals surface area (Å²) >= 11 is 6.83. The van der Waals surface area contributed by atoms with E-state index in [2.05, 4.69) is 4.98 Å². The van der Waals surface area contributed by atoms with Crippen LogP contribution in [0, 0.1) is 9.39 Å². The maximum atomic E-state index is 12.9. The quantitative estimate of drug-likeness (QED) is 0.572. The zero-order chi connectivity index (χ0) is 9.30. The highest BCUT2D eigenvalue weighted by Crippen LogP contribution is 2.29. The van der Waals surface area contributed by atoms with E-state index in [0.29, 0.717) is 0 Å². The Morgan fingerprint density at radius 1 is 1.50 bits per heavy atom. The average molecular weight is 307 g/mol. The molecule has 66 valence electrons. The molecule has 0 aliphatic carbocycles. The second-order valence-corrected chi connectivity index (χ2v) is 3.45. The van der Waals surface area contributed by atoms with Crippen LogP contribution >= 0.6 is 34.2 Å². The Morgan fingerprint density at radius 2 is 2.08 bits per heavy atom. The predicted molar refractivity (Wildman–Crippen MR) is 46.9 cm³/mol. The minimum Gasteiger partial charge on any atom is -0.243 e. The van der Waals surface area contributed by atoms with Crippen molar-refractivity contribution in [2.75, 3.05) is 0 Å². The first-order chi connectivity index (χ1) is 5.54. The number of halogens is 5. The van der Waals surface area contributed by atoms with Crippen LogP contribution in [0.1, 0.15) is 12.0 Å². The fourth-order valence-electron chi connectivity index (χ4n) is 0.645. The predicted octanol–water partition coefficient (Wildman–Crippen LogP) is 3.42. The summed E-state index contributed by atoms with van der Waals surface area (Å²) in [6, 6.07) is 0. The molecule has 1 nitrogen and oxygen atoms in total. The molecule has 0 fully saturated rings. The molecule has 1 aromatic rings. The van der Waals surface area contributed by atoms with Crippen molar-refractivity contribution in [2.24, 2.45) is 0 Å². The van der Waals surface area contributed by atoms with Crippen LogP contribution in [0.3, 0.4) is 0 Å². The Labute approximate surface area is 85.1 Å². The largest absolute Gasteiger partial charge is 0.269 e. The smallest absolute Gasteiger partial charge is 0.243 e. The molecule has 0 aliphatic heterocycles. The van der Waals surface area contributed by atoms with Crippen LogP contribution < -0.4 is 0 Å². The summed E-state index contributed by atoms with van der Waals surface area (Å²) < 4.78 is 37.1. The molecule has 1 heterocycles. The van der Waals surface area contributed by atoms with Gasteiger partial charge in [-0.15, -0.1) is 0 Å². The summed E-state index contributed by atoms with van der Waals surface area (Å²) in [6.45, 7) is 0. The fourth-order valence-corrected chi connectivity index (χ4v) is 1.29. The zero-order valence-corrected chi connectivity index (χ0v) is 8.41. The number of alkyl halides is 2. The standard InChI is InChI=1S/C6H2ClF3IN/c7-5-3(6(9)10)4(8)2(11)1-12-5/h1,6H. The van der Waals surface area contributed by atoms with Crippen LogP contribution in [-0.4, -0.2) is 4.98 Å². The van der Waals surface area contributed by atoms with Gasteiger partial charge >= 0.3 is 0 Å². The Bertz CT molecular complexity index is 305. The van der Waals surface area contributed by atoms with Crippen molar-refractivity contribution in [3.63, 3.8) is 0 Å². The topological polar surface area (TPSA) is 12.9 Å². The van der Waals surface area contributed by atoms with Crippen molar-refractivity contribution < 1.29 is 13.2 Å². The van der Waals surface area contributed by atoms with E-state index in [1.165, 1.54) is 0 Å². The third-order valence-electron chi connectivity index (χ3n) is 1.18. The van der Waals surface area contributed by atoms with E-state index in [9.17, 15) is 13.2 Å². The van der Waals surface area contributed by atoms with E-state index < -0.39 is 23.0 Å². The van der Waals surface area contributed by atoms with Gasteiger partial charge in [0, 0.05) is 6.20 Å². The SMILES string of the molecule is Fc1c(I)cnc(Cl)c1C(F)F. The minimum atomic E-state index is -2.93. The summed E-state index contributed by atoms with van der Waals surface area (Å²) in [6.07, 6.45) is -1.83. The molecule has 6 heteroatoms. The first kappa shape index (κ1) is 10.0. The molecule has 0 aromatic carbocycles. The Morgan fingerprint density at radius 3 is 2.50 bits per heavy atom. The molecule has 1 rings (SSSR count). The number of aromatic nitrogens is 1. The van der Waals surface area contributed by atoms with Gasteiger partial charge in [0.2, 0.25) is 0 Å². The van der Waals surface area contributed by atoms with Gasteiger partial charge in [-0.25, -0.2) is 18.2 Å². The van der Waals surface area contributed by atoms with Crippen LogP contribution in [-0.2, 0) is 0 Å². The van der Waals surface area contributed by atoms with Gasteiger partial charge in [-0.2, -0.15) is 0 Å². The third-order valence-corrected chi connectivity index (χ3v) is 2.23. The molecule has 0 atom stereocenters. The third kappa shape index (κ3) is 1.82. The van der Waals surface area contributed by atoms with E-state index >= 15 is 0 Å². The number of hydrogen-bond acceptors (Lipinski definition) is 1. The molecule has 0 bridgehead atoms. The molecule has 0 amide bonds. The van der Waals surface area contributed by atoms with Crippen LogP contribution in [0.4, 0.5) is 13.2 Å². The second-order valence-electron chi connectivity index (χ2n) is 1.93. The van der Waals surface area contributed by atoms with Gasteiger partial charge in [0.1, 0.15) is 11.0 Å². The molecule has 0 radical (unpaired) electrons. The number of rotatable bonds is 1. The molecular formula is C6H2ClF3IN. The maximum absolute atomic E-state index is 12.9. The van der Waals surface area contributed by atoms with Crippen molar-refractivity contribution in [1.29, 1.82) is 0 Å². The zero-order valence-electron chi connectivity index (χ0n) is 5.49. The van der Waals surface area contributed by atoms with Crippen LogP contribution in [0.5, 0.6) is 0 Å². The number of nitrogens with zero attached hydrogens (tertiary/aromatic N) is 1. The van der Waals surface area contributed by atoms with E-state index in [1.807, 2.05) is 0 Å². The molecule has 0 aliphatic rings. The van der Waals surface area contributed by atoms with Crippen molar-refractivity contribution in [2.45, 2.75) is 6.43 Å². The molecule has 0 spiro atoms. The maximum Gasteiger partial charge on any atom is 0.269 e. The molecular weight excluding hydrogens is 305 g/mol. The number of hydrogen-bond donors (Lipinski definition) is 0. The van der Waals surface area contributed by atoms with E-state index in [-0.39, 0.29) is 3.57 Å². The first-order valence-corrected chi connectivity index (χ1v) is 4.27. The lowest BCUT2D eigenvalue weighted by Gasteiger charge is -2.04. The van der Waals surface area contributed by atoms with Crippen molar-refractivity contribution in [1.82, 2.24) is 4.98 Å². The van der Waals surface area contributed by atoms with E-state index in [4.69, 9.17) is 11.6 Å². The summed E-state index contributed by atoms with van der Waals surface area (Å²) in [5.41, 5.74) is -0.830. The lowest BCUT2D eigenvalue weighted by atomic mass is 10.3. The van der Waals surface area contributed by atoms with Crippen LogP contribution in [0.25, 0.3) is 0 Å². The summed E-state index contributed by atoms with van der Waals surface area (Å²) in [4.78, 5) is 3.40. The Hall–Kier alpha value is -0.0400. The Balaban J connectivity index is 3.33. The Kier molecular flexibility index (Phi) is 3.16. The van der Waals surface area contributed by atoms with Gasteiger partial charge in [-0.1, -0.05) is 11.6 Å². The highest BCUT2D eigenvalue weighted by atomic mass is 127. The van der Waals surface area contributed by atoms with E-state index in [0.717, 1.165) is 6.20 Å². The van der Waals surface area contributed by atoms with Crippen molar-refractivity contribution in [3.05, 3.63) is 26.3 Å². The fraction of sp³-hybridized carbons (Fsp3) is 0.167. The summed E-state index contributed by atoms with van der Waals surface area (Å²) in [5, 5.41) is -0.483. The summed E-state index contributed by atoms with van der Waals surface area (Å²) in [7, 11) is 0. The molecule has 0 saturated heterocycles. The van der Waals surface area contributed by atoms with Gasteiger partial charge in [-0.05, 0) is 22.6 Å². The summed E-state index contributed by atoms with van der Waals surface area (Å²) in [5.74, 6) is -0.995. The van der Waals surface area contributed by atoms with Crippen molar-refractivity contribution in [3.8, 4) is 0 Å². The van der Waals surface area contributed by atoms with E-state index in [1.54, 1.807) is 22.6 Å². The molecule has 0 unspecified atom stereocenters. The van der Waals surface area contributed by atoms with Gasteiger partial charge in [0.25, 0.3) is 6.43 Å². The number of pyridine rings is 1. The van der Waals surface area contributed by atoms with Crippen LogP contribution in [0.2, 0.25) is 5.15 Å². The minimum absolute atomic E-state index is 0.0345. The van der Waals surface area contributed by atoms with Crippen LogP contribution in [0.15, 0.2) is 6.20 Å². The second kappa shape index (κ2) is 3.78. The molecule has 0 saturated carbocycles. The van der Waals surface area contributed by atoms with Crippen molar-refractivity contribution >= 4 is 34.2 Å². The molecule has 1 aromatic heterocycles. The van der Waals surface area contributed by atoms with Gasteiger partial charge in [-0.3, -0.25) is 0 Å². The lowest BCUT2D eigenvalue weighted by molar-refractivity contribution is 0.145. The average Bonchev–Trinajstić information content (AvgIpc) is 1.97. The molecule has 12 heavy (non-hydrogen) atoms. The van der Waals surface area contributed by atoms with Gasteiger partial charge in [0.15, 0.2) is 0 Å². The van der Waals surface area contributed by atoms with Gasteiger partial charge < -0.3 is 0 Å². The first-order valence-electron chi connectivity index (χ1n) is 2.81. The lowest BCUT2D eigenvalue weighted by Crippen LogP contribution is -1.97.